The molecule has 0 saturated carbocycles. The van der Waals surface area contributed by atoms with Crippen molar-refractivity contribution < 1.29 is 5.11 Å². The van der Waals surface area contributed by atoms with Gasteiger partial charge in [0.05, 0.1) is 0 Å². The van der Waals surface area contributed by atoms with Crippen LogP contribution >= 0.6 is 11.3 Å². The van der Waals surface area contributed by atoms with E-state index in [1.165, 1.54) is 0 Å². The first-order valence-electron chi connectivity index (χ1n) is 4.62. The summed E-state index contributed by atoms with van der Waals surface area (Å²) in [6.07, 6.45) is 4.85. The summed E-state index contributed by atoms with van der Waals surface area (Å²) >= 11 is 1.66. The molecule has 0 unspecified atom stereocenters. The number of fused-ring (bicyclic) bond motifs is 1. The van der Waals surface area contributed by atoms with Gasteiger partial charge in [-0.15, -0.1) is 11.3 Å². The number of thiophene rings is 1. The summed E-state index contributed by atoms with van der Waals surface area (Å²) in [7, 11) is 0. The molecular weight excluding hydrogens is 192 g/mol. The molecule has 2 heteroatoms. The smallest absolute Gasteiger partial charge is 0.127 e. The third-order valence-corrected chi connectivity index (χ3v) is 3.15. The quantitative estimate of drug-likeness (QED) is 0.739. The minimum Gasteiger partial charge on any atom is -0.507 e. The monoisotopic (exact) mass is 204 g/mol. The van der Waals surface area contributed by atoms with Crippen LogP contribution in [0.4, 0.5) is 0 Å². The fourth-order valence-corrected chi connectivity index (χ4v) is 2.27. The zero-order valence-corrected chi connectivity index (χ0v) is 8.84. The van der Waals surface area contributed by atoms with Crippen LogP contribution in [-0.2, 0) is 6.42 Å². The highest BCUT2D eigenvalue weighted by Gasteiger charge is 2.05. The van der Waals surface area contributed by atoms with Crippen molar-refractivity contribution >= 4 is 21.4 Å². The van der Waals surface area contributed by atoms with Crippen molar-refractivity contribution in [3.8, 4) is 5.75 Å². The van der Waals surface area contributed by atoms with Gasteiger partial charge in [-0.3, -0.25) is 0 Å². The van der Waals surface area contributed by atoms with Gasteiger partial charge in [0.1, 0.15) is 5.75 Å². The first-order valence-corrected chi connectivity index (χ1v) is 5.50. The van der Waals surface area contributed by atoms with E-state index in [0.717, 1.165) is 22.1 Å². The van der Waals surface area contributed by atoms with Crippen LogP contribution in [0.3, 0.4) is 0 Å². The number of hydrogen-bond acceptors (Lipinski definition) is 2. The third kappa shape index (κ3) is 1.53. The third-order valence-electron chi connectivity index (χ3n) is 2.26. The summed E-state index contributed by atoms with van der Waals surface area (Å²) in [6, 6.07) is 6.03. The Morgan fingerprint density at radius 1 is 1.36 bits per heavy atom. The van der Waals surface area contributed by atoms with E-state index < -0.39 is 0 Å². The van der Waals surface area contributed by atoms with Crippen LogP contribution in [0.25, 0.3) is 10.1 Å². The molecular formula is C12H12OS. The zero-order valence-electron chi connectivity index (χ0n) is 8.03. The molecule has 0 atom stereocenters. The van der Waals surface area contributed by atoms with Gasteiger partial charge in [0, 0.05) is 10.1 Å². The van der Waals surface area contributed by atoms with Crippen LogP contribution < -0.4 is 0 Å². The van der Waals surface area contributed by atoms with Crippen LogP contribution in [0, 0.1) is 0 Å². The lowest BCUT2D eigenvalue weighted by molar-refractivity contribution is 0.476. The number of aromatic hydroxyl groups is 1. The van der Waals surface area contributed by atoms with Gasteiger partial charge in [-0.2, -0.15) is 0 Å². The number of rotatable bonds is 2. The molecule has 0 aliphatic carbocycles. The Kier molecular flexibility index (Phi) is 2.55. The predicted octanol–water partition coefficient (Wildman–Crippen LogP) is 3.73. The van der Waals surface area contributed by atoms with E-state index in [9.17, 15) is 5.11 Å². The molecule has 0 spiro atoms. The summed E-state index contributed by atoms with van der Waals surface area (Å²) in [5.74, 6) is 0.432. The maximum absolute atomic E-state index is 9.94. The number of hydrogen-bond donors (Lipinski definition) is 1. The molecule has 1 N–H and O–H groups in total. The van der Waals surface area contributed by atoms with Gasteiger partial charge < -0.3 is 5.11 Å². The molecule has 1 aromatic carbocycles. The number of allylic oxidation sites excluding steroid dienone is 2. The lowest BCUT2D eigenvalue weighted by Crippen LogP contribution is -1.81. The molecule has 1 aromatic heterocycles. The van der Waals surface area contributed by atoms with Crippen molar-refractivity contribution in [2.75, 3.05) is 0 Å². The molecule has 0 saturated heterocycles. The van der Waals surface area contributed by atoms with Crippen LogP contribution in [0.1, 0.15) is 12.5 Å². The van der Waals surface area contributed by atoms with Gasteiger partial charge in [-0.05, 0) is 36.4 Å². The van der Waals surface area contributed by atoms with E-state index in [1.54, 1.807) is 11.3 Å². The number of phenolic OH excluding ortho intramolecular Hbond substituents is 1. The standard InChI is InChI=1S/C12H12OS/c1-2-3-4-9-5-6-11-10(12(9)13)7-8-14-11/h2-3,5-8,13H,4H2,1H3/b3-2+. The summed E-state index contributed by atoms with van der Waals surface area (Å²) in [4.78, 5) is 0. The second-order valence-electron chi connectivity index (χ2n) is 3.18. The van der Waals surface area contributed by atoms with Crippen LogP contribution in [0.5, 0.6) is 5.75 Å². The predicted molar refractivity (Wildman–Crippen MR) is 62.0 cm³/mol. The lowest BCUT2D eigenvalue weighted by atomic mass is 10.1. The van der Waals surface area contributed by atoms with Gasteiger partial charge in [0.2, 0.25) is 0 Å². The average molecular weight is 204 g/mol. The fraction of sp³-hybridized carbons (Fsp3) is 0.167. The molecule has 0 radical (unpaired) electrons. The Morgan fingerprint density at radius 3 is 3.00 bits per heavy atom. The molecule has 0 fully saturated rings. The highest BCUT2D eigenvalue weighted by Crippen LogP contribution is 2.32. The van der Waals surface area contributed by atoms with E-state index in [0.29, 0.717) is 5.75 Å². The molecule has 0 aliphatic heterocycles. The molecule has 72 valence electrons. The normalized spacial score (nSPS) is 11.5. The minimum atomic E-state index is 0.432. The molecule has 0 amide bonds. The number of benzene rings is 1. The van der Waals surface area contributed by atoms with Crippen molar-refractivity contribution in [2.45, 2.75) is 13.3 Å². The first-order chi connectivity index (χ1) is 6.83. The van der Waals surface area contributed by atoms with Crippen LogP contribution in [-0.4, -0.2) is 5.11 Å². The summed E-state index contributed by atoms with van der Waals surface area (Å²) < 4.78 is 1.15. The van der Waals surface area contributed by atoms with Gasteiger partial charge in [-0.25, -0.2) is 0 Å². The van der Waals surface area contributed by atoms with Crippen molar-refractivity contribution in [3.05, 3.63) is 41.3 Å². The van der Waals surface area contributed by atoms with Gasteiger partial charge >= 0.3 is 0 Å². The zero-order chi connectivity index (χ0) is 9.97. The Morgan fingerprint density at radius 2 is 2.21 bits per heavy atom. The minimum absolute atomic E-state index is 0.432. The van der Waals surface area contributed by atoms with E-state index in [2.05, 4.69) is 6.07 Å². The first kappa shape index (κ1) is 9.28. The van der Waals surface area contributed by atoms with Crippen molar-refractivity contribution in [1.82, 2.24) is 0 Å². The topological polar surface area (TPSA) is 20.2 Å². The second-order valence-corrected chi connectivity index (χ2v) is 4.13. The highest BCUT2D eigenvalue weighted by molar-refractivity contribution is 7.17. The second kappa shape index (κ2) is 3.84. The largest absolute Gasteiger partial charge is 0.507 e. The molecule has 1 heterocycles. The maximum atomic E-state index is 9.94. The molecule has 0 aliphatic rings. The van der Waals surface area contributed by atoms with Crippen LogP contribution in [0.2, 0.25) is 0 Å². The maximum Gasteiger partial charge on any atom is 0.127 e. The summed E-state index contributed by atoms with van der Waals surface area (Å²) in [5, 5.41) is 12.9. The number of phenols is 1. The summed E-state index contributed by atoms with van der Waals surface area (Å²) in [6.45, 7) is 1.99. The van der Waals surface area contributed by atoms with E-state index in [1.807, 2.05) is 36.6 Å². The van der Waals surface area contributed by atoms with Crippen molar-refractivity contribution in [1.29, 1.82) is 0 Å². The fourth-order valence-electron chi connectivity index (χ4n) is 1.48. The Hall–Kier alpha value is -1.28. The molecule has 14 heavy (non-hydrogen) atoms. The Labute approximate surface area is 87.3 Å². The molecule has 0 bridgehead atoms. The van der Waals surface area contributed by atoms with Gasteiger partial charge in [0.15, 0.2) is 0 Å². The molecule has 1 nitrogen and oxygen atoms in total. The molecule has 2 rings (SSSR count). The van der Waals surface area contributed by atoms with E-state index >= 15 is 0 Å². The van der Waals surface area contributed by atoms with E-state index in [4.69, 9.17) is 0 Å². The van der Waals surface area contributed by atoms with Gasteiger partial charge in [0.25, 0.3) is 0 Å². The van der Waals surface area contributed by atoms with Gasteiger partial charge in [-0.1, -0.05) is 18.2 Å². The van der Waals surface area contributed by atoms with Crippen molar-refractivity contribution in [3.63, 3.8) is 0 Å². The summed E-state index contributed by atoms with van der Waals surface area (Å²) in [5.41, 5.74) is 0.994. The highest BCUT2D eigenvalue weighted by atomic mass is 32.1. The SMILES string of the molecule is C/C=C/Cc1ccc2sccc2c1O. The molecule has 2 aromatic rings. The van der Waals surface area contributed by atoms with E-state index in [-0.39, 0.29) is 0 Å². The Balaban J connectivity index is 2.50. The Bertz CT molecular complexity index is 468. The van der Waals surface area contributed by atoms with Crippen LogP contribution in [0.15, 0.2) is 35.7 Å². The lowest BCUT2D eigenvalue weighted by Gasteiger charge is -2.02. The van der Waals surface area contributed by atoms with Crippen molar-refractivity contribution in [2.24, 2.45) is 0 Å². The average Bonchev–Trinajstić information content (AvgIpc) is 2.66.